The SMILES string of the molecule is CCOc1ccc(CCC(=O)N(C)Cc2ccccc2)cc1OCC. The molecule has 0 N–H and O–H groups in total. The van der Waals surface area contributed by atoms with E-state index in [1.807, 2.05) is 69.4 Å². The molecule has 2 rings (SSSR count). The first-order chi connectivity index (χ1) is 12.1. The van der Waals surface area contributed by atoms with E-state index in [9.17, 15) is 4.79 Å². The van der Waals surface area contributed by atoms with Gasteiger partial charge in [-0.2, -0.15) is 0 Å². The van der Waals surface area contributed by atoms with Gasteiger partial charge in [0.25, 0.3) is 0 Å². The number of benzene rings is 2. The van der Waals surface area contributed by atoms with Gasteiger partial charge in [-0.25, -0.2) is 0 Å². The molecule has 1 amide bonds. The molecule has 4 heteroatoms. The lowest BCUT2D eigenvalue weighted by molar-refractivity contribution is -0.130. The second-order valence-electron chi connectivity index (χ2n) is 5.88. The van der Waals surface area contributed by atoms with Gasteiger partial charge in [-0.15, -0.1) is 0 Å². The fraction of sp³-hybridized carbons (Fsp3) is 0.381. The van der Waals surface area contributed by atoms with Gasteiger partial charge in [0.1, 0.15) is 0 Å². The number of carbonyl (C=O) groups is 1. The van der Waals surface area contributed by atoms with Gasteiger partial charge in [0.05, 0.1) is 13.2 Å². The average Bonchev–Trinajstić information content (AvgIpc) is 2.62. The molecule has 0 radical (unpaired) electrons. The fourth-order valence-corrected chi connectivity index (χ4v) is 2.64. The van der Waals surface area contributed by atoms with Crippen LogP contribution in [-0.4, -0.2) is 31.1 Å². The van der Waals surface area contributed by atoms with Gasteiger partial charge >= 0.3 is 0 Å². The van der Waals surface area contributed by atoms with Gasteiger partial charge in [0.15, 0.2) is 11.5 Å². The molecule has 0 saturated heterocycles. The third kappa shape index (κ3) is 5.82. The van der Waals surface area contributed by atoms with Crippen LogP contribution in [-0.2, 0) is 17.8 Å². The molecule has 0 bridgehead atoms. The Morgan fingerprint density at radius 3 is 2.28 bits per heavy atom. The molecular weight excluding hydrogens is 314 g/mol. The van der Waals surface area contributed by atoms with Gasteiger partial charge in [0.2, 0.25) is 5.91 Å². The highest BCUT2D eigenvalue weighted by Gasteiger charge is 2.11. The van der Waals surface area contributed by atoms with E-state index in [4.69, 9.17) is 9.47 Å². The van der Waals surface area contributed by atoms with Crippen molar-refractivity contribution in [2.45, 2.75) is 33.2 Å². The zero-order chi connectivity index (χ0) is 18.1. The lowest BCUT2D eigenvalue weighted by Gasteiger charge is -2.17. The zero-order valence-corrected chi connectivity index (χ0v) is 15.3. The minimum atomic E-state index is 0.135. The maximum absolute atomic E-state index is 12.4. The van der Waals surface area contributed by atoms with Crippen LogP contribution in [0.3, 0.4) is 0 Å². The summed E-state index contributed by atoms with van der Waals surface area (Å²) in [7, 11) is 1.85. The topological polar surface area (TPSA) is 38.8 Å². The number of hydrogen-bond acceptors (Lipinski definition) is 3. The highest BCUT2D eigenvalue weighted by Crippen LogP contribution is 2.29. The molecular formula is C21H27NO3. The van der Waals surface area contributed by atoms with Crippen molar-refractivity contribution in [2.24, 2.45) is 0 Å². The van der Waals surface area contributed by atoms with Crippen molar-refractivity contribution in [2.75, 3.05) is 20.3 Å². The first-order valence-corrected chi connectivity index (χ1v) is 8.80. The van der Waals surface area contributed by atoms with E-state index < -0.39 is 0 Å². The van der Waals surface area contributed by atoms with Crippen LogP contribution in [0.2, 0.25) is 0 Å². The molecule has 2 aromatic rings. The molecule has 0 aromatic heterocycles. The highest BCUT2D eigenvalue weighted by molar-refractivity contribution is 5.76. The second-order valence-corrected chi connectivity index (χ2v) is 5.88. The molecule has 25 heavy (non-hydrogen) atoms. The van der Waals surface area contributed by atoms with E-state index in [2.05, 4.69) is 0 Å². The highest BCUT2D eigenvalue weighted by atomic mass is 16.5. The van der Waals surface area contributed by atoms with Crippen LogP contribution >= 0.6 is 0 Å². The van der Waals surface area contributed by atoms with Crippen molar-refractivity contribution in [3.8, 4) is 11.5 Å². The predicted octanol–water partition coefficient (Wildman–Crippen LogP) is 4.08. The zero-order valence-electron chi connectivity index (χ0n) is 15.3. The monoisotopic (exact) mass is 341 g/mol. The summed E-state index contributed by atoms with van der Waals surface area (Å²) in [5.74, 6) is 1.63. The number of rotatable bonds is 9. The fourth-order valence-electron chi connectivity index (χ4n) is 2.64. The summed E-state index contributed by atoms with van der Waals surface area (Å²) in [6.45, 7) is 5.72. The first-order valence-electron chi connectivity index (χ1n) is 8.80. The summed E-state index contributed by atoms with van der Waals surface area (Å²) in [4.78, 5) is 14.1. The van der Waals surface area contributed by atoms with E-state index in [0.29, 0.717) is 32.6 Å². The predicted molar refractivity (Wildman–Crippen MR) is 100 cm³/mol. The molecule has 0 spiro atoms. The van der Waals surface area contributed by atoms with Crippen LogP contribution in [0.15, 0.2) is 48.5 Å². The van der Waals surface area contributed by atoms with E-state index in [1.165, 1.54) is 0 Å². The molecule has 0 aliphatic carbocycles. The number of ether oxygens (including phenoxy) is 2. The molecule has 0 aliphatic heterocycles. The van der Waals surface area contributed by atoms with Gasteiger partial charge in [-0.3, -0.25) is 4.79 Å². The summed E-state index contributed by atoms with van der Waals surface area (Å²) in [6.07, 6.45) is 1.16. The smallest absolute Gasteiger partial charge is 0.222 e. The van der Waals surface area contributed by atoms with E-state index in [1.54, 1.807) is 4.90 Å². The Morgan fingerprint density at radius 2 is 1.60 bits per heavy atom. The van der Waals surface area contributed by atoms with Crippen LogP contribution in [0.25, 0.3) is 0 Å². The maximum Gasteiger partial charge on any atom is 0.222 e. The van der Waals surface area contributed by atoms with Crippen molar-refractivity contribution >= 4 is 5.91 Å². The molecule has 2 aromatic carbocycles. The van der Waals surface area contributed by atoms with E-state index in [-0.39, 0.29) is 5.91 Å². The molecule has 0 saturated carbocycles. The van der Waals surface area contributed by atoms with Crippen LogP contribution in [0.4, 0.5) is 0 Å². The molecule has 0 unspecified atom stereocenters. The summed E-state index contributed by atoms with van der Waals surface area (Å²) in [6, 6.07) is 15.9. The van der Waals surface area contributed by atoms with Gasteiger partial charge < -0.3 is 14.4 Å². The Hall–Kier alpha value is -2.49. The standard InChI is InChI=1S/C21H27NO3/c1-4-24-19-13-11-17(15-20(19)25-5-2)12-14-21(23)22(3)16-18-9-7-6-8-10-18/h6-11,13,15H,4-5,12,14,16H2,1-3H3. The quantitative estimate of drug-likeness (QED) is 0.690. The van der Waals surface area contributed by atoms with Gasteiger partial charge in [-0.05, 0) is 43.5 Å². The minimum absolute atomic E-state index is 0.135. The molecule has 0 fully saturated rings. The summed E-state index contributed by atoms with van der Waals surface area (Å²) >= 11 is 0. The second kappa shape index (κ2) is 9.72. The number of nitrogens with zero attached hydrogens (tertiary/aromatic N) is 1. The molecule has 0 heterocycles. The number of aryl methyl sites for hydroxylation is 1. The average molecular weight is 341 g/mol. The maximum atomic E-state index is 12.4. The minimum Gasteiger partial charge on any atom is -0.490 e. The molecule has 134 valence electrons. The normalized spacial score (nSPS) is 10.4. The summed E-state index contributed by atoms with van der Waals surface area (Å²) < 4.78 is 11.2. The van der Waals surface area contributed by atoms with Crippen molar-refractivity contribution < 1.29 is 14.3 Å². The Balaban J connectivity index is 1.93. The lowest BCUT2D eigenvalue weighted by Crippen LogP contribution is -2.26. The Morgan fingerprint density at radius 1 is 0.920 bits per heavy atom. The third-order valence-corrected chi connectivity index (χ3v) is 3.92. The van der Waals surface area contributed by atoms with Crippen molar-refractivity contribution in [1.29, 1.82) is 0 Å². The lowest BCUT2D eigenvalue weighted by atomic mass is 10.1. The van der Waals surface area contributed by atoms with Crippen LogP contribution < -0.4 is 9.47 Å². The molecule has 0 aliphatic rings. The van der Waals surface area contributed by atoms with Crippen molar-refractivity contribution in [3.05, 3.63) is 59.7 Å². The largest absolute Gasteiger partial charge is 0.490 e. The van der Waals surface area contributed by atoms with E-state index in [0.717, 1.165) is 22.6 Å². The number of hydrogen-bond donors (Lipinski definition) is 0. The number of amides is 1. The number of carbonyl (C=O) groups excluding carboxylic acids is 1. The van der Waals surface area contributed by atoms with E-state index >= 15 is 0 Å². The van der Waals surface area contributed by atoms with Gasteiger partial charge in [0, 0.05) is 20.0 Å². The Kier molecular flexibility index (Phi) is 7.33. The van der Waals surface area contributed by atoms with Crippen molar-refractivity contribution in [1.82, 2.24) is 4.90 Å². The van der Waals surface area contributed by atoms with Gasteiger partial charge in [-0.1, -0.05) is 36.4 Å². The van der Waals surface area contributed by atoms with Crippen LogP contribution in [0.1, 0.15) is 31.4 Å². The molecule has 0 atom stereocenters. The Labute approximate surface area is 150 Å². The van der Waals surface area contributed by atoms with Crippen LogP contribution in [0.5, 0.6) is 11.5 Å². The summed E-state index contributed by atoms with van der Waals surface area (Å²) in [5, 5.41) is 0. The van der Waals surface area contributed by atoms with Crippen LogP contribution in [0, 0.1) is 0 Å². The molecule has 4 nitrogen and oxygen atoms in total. The first kappa shape index (κ1) is 18.8. The van der Waals surface area contributed by atoms with Crippen molar-refractivity contribution in [3.63, 3.8) is 0 Å². The summed E-state index contributed by atoms with van der Waals surface area (Å²) in [5.41, 5.74) is 2.21. The Bertz CT molecular complexity index is 670. The third-order valence-electron chi connectivity index (χ3n) is 3.92.